The molecule has 0 unspecified atom stereocenters. The van der Waals surface area contributed by atoms with Crippen LogP contribution in [0.3, 0.4) is 0 Å². The van der Waals surface area contributed by atoms with Crippen molar-refractivity contribution in [1.82, 2.24) is 4.90 Å². The second-order valence-electron chi connectivity index (χ2n) is 11.3. The first kappa shape index (κ1) is 53.7. The molecule has 0 heterocycles. The highest BCUT2D eigenvalue weighted by molar-refractivity contribution is 7.93. The number of alkyl halides is 2. The van der Waals surface area contributed by atoms with Crippen LogP contribution in [0, 0.1) is 11.6 Å². The number of halogens is 7. The van der Waals surface area contributed by atoms with Gasteiger partial charge in [0.15, 0.2) is 9.84 Å². The minimum Gasteiger partial charge on any atom is -0.304 e. The van der Waals surface area contributed by atoms with Gasteiger partial charge < -0.3 is 4.90 Å². The lowest BCUT2D eigenvalue weighted by Crippen LogP contribution is -2.37. The van der Waals surface area contributed by atoms with Gasteiger partial charge in [-0.1, -0.05) is 99.6 Å². The van der Waals surface area contributed by atoms with Crippen molar-refractivity contribution in [1.29, 1.82) is 0 Å². The Morgan fingerprint density at radius 2 is 1.07 bits per heavy atom. The van der Waals surface area contributed by atoms with Crippen molar-refractivity contribution in [3.8, 4) is 0 Å². The second-order valence-corrected chi connectivity index (χ2v) is 17.1. The summed E-state index contributed by atoms with van der Waals surface area (Å²) in [7, 11) is -7.67. The zero-order chi connectivity index (χ0) is 43.9. The number of hydrogen-bond donors (Lipinski definition) is 0. The lowest BCUT2D eigenvalue weighted by molar-refractivity contribution is -0.114. The van der Waals surface area contributed by atoms with Gasteiger partial charge in [-0.3, -0.25) is 9.59 Å². The zero-order valence-electron chi connectivity index (χ0n) is 32.0. The van der Waals surface area contributed by atoms with Gasteiger partial charge in [0.25, 0.3) is 15.9 Å². The molecule has 4 rings (SSSR count). The molecular formula is C40H45Cl5F2N2O6S2. The smallest absolute Gasteiger partial charge is 0.271 e. The molecule has 17 heteroatoms. The van der Waals surface area contributed by atoms with Crippen molar-refractivity contribution in [3.05, 3.63) is 149 Å². The van der Waals surface area contributed by atoms with E-state index >= 15 is 0 Å². The Bertz CT molecular complexity index is 2110. The largest absolute Gasteiger partial charge is 0.304 e. The summed E-state index contributed by atoms with van der Waals surface area (Å²) in [6.45, 7) is 19.8. The summed E-state index contributed by atoms with van der Waals surface area (Å²) in [4.78, 5) is 24.7. The molecule has 0 aliphatic carbocycles. The molecule has 0 radical (unpaired) electrons. The molecule has 57 heavy (non-hydrogen) atoms. The average Bonchev–Trinajstić information content (AvgIpc) is 3.16. The van der Waals surface area contributed by atoms with Crippen molar-refractivity contribution in [2.45, 2.75) is 50.2 Å². The van der Waals surface area contributed by atoms with E-state index in [1.807, 2.05) is 0 Å². The molecule has 0 saturated carbocycles. The topological polar surface area (TPSA) is 109 Å². The molecule has 4 aromatic rings. The van der Waals surface area contributed by atoms with Crippen LogP contribution in [0.5, 0.6) is 0 Å². The molecule has 0 bridgehead atoms. The summed E-state index contributed by atoms with van der Waals surface area (Å²) in [6.07, 6.45) is 0. The van der Waals surface area contributed by atoms with Gasteiger partial charge in [0.2, 0.25) is 5.24 Å². The van der Waals surface area contributed by atoms with Gasteiger partial charge in [0.1, 0.15) is 11.6 Å². The van der Waals surface area contributed by atoms with Crippen LogP contribution < -0.4 is 4.31 Å². The van der Waals surface area contributed by atoms with E-state index in [1.54, 1.807) is 31.2 Å². The van der Waals surface area contributed by atoms with E-state index in [2.05, 4.69) is 38.8 Å². The molecule has 0 N–H and O–H groups in total. The first-order chi connectivity index (χ1) is 26.6. The maximum Gasteiger partial charge on any atom is 0.271 e. The minimum absolute atomic E-state index is 0.00453. The third kappa shape index (κ3) is 19.3. The van der Waals surface area contributed by atoms with Gasteiger partial charge in [-0.15, -0.1) is 23.2 Å². The average molecular weight is 929 g/mol. The Kier molecular flexibility index (Phi) is 25.8. The Morgan fingerprint density at radius 1 is 0.667 bits per heavy atom. The standard InChI is InChI=1S/C16H13ClFNO3S.C13H10ClFO2S.C6H15N.C4H5ClO.CH2Cl2/c1-11(2)16(20)19(15-9-8-12(18)10-14(15)17)23(21,22)13-6-4-3-5-7-13;14-13-8-11(15)7-6-10(13)9-18(16,17)12-4-2-1-3-5-12;1-4-7(5-2)6-3;1-3(2)4(5)6;2-1-3/h3-10H,1H2,2H3;1-8H,9H2;4-6H2,1-3H3;1H2,2H3;1H2. The van der Waals surface area contributed by atoms with Crippen LogP contribution in [0.15, 0.2) is 131 Å². The van der Waals surface area contributed by atoms with Gasteiger partial charge in [-0.05, 0) is 105 Å². The highest BCUT2D eigenvalue weighted by Gasteiger charge is 2.32. The van der Waals surface area contributed by atoms with E-state index in [9.17, 15) is 35.2 Å². The monoisotopic (exact) mass is 926 g/mol. The van der Waals surface area contributed by atoms with E-state index < -0.39 is 42.6 Å². The van der Waals surface area contributed by atoms with E-state index in [1.165, 1.54) is 75.1 Å². The van der Waals surface area contributed by atoms with Crippen molar-refractivity contribution in [2.75, 3.05) is 29.3 Å². The van der Waals surface area contributed by atoms with E-state index in [0.717, 1.165) is 24.3 Å². The van der Waals surface area contributed by atoms with Crippen LogP contribution in [0.2, 0.25) is 10.0 Å². The fourth-order valence-corrected chi connectivity index (χ4v) is 7.61. The van der Waals surface area contributed by atoms with Crippen molar-refractivity contribution in [2.24, 2.45) is 0 Å². The molecule has 8 nitrogen and oxygen atoms in total. The lowest BCUT2D eigenvalue weighted by Gasteiger charge is -2.23. The van der Waals surface area contributed by atoms with Crippen molar-refractivity contribution in [3.63, 3.8) is 0 Å². The second kappa shape index (κ2) is 27.4. The van der Waals surface area contributed by atoms with Crippen LogP contribution in [0.4, 0.5) is 14.5 Å². The normalized spacial score (nSPS) is 10.5. The number of nitrogens with zero attached hydrogens (tertiary/aromatic N) is 2. The fraction of sp³-hybridized carbons (Fsp3) is 0.250. The molecule has 312 valence electrons. The Hall–Kier alpha value is -3.33. The van der Waals surface area contributed by atoms with Gasteiger partial charge in [0.05, 0.1) is 31.6 Å². The summed E-state index contributed by atoms with van der Waals surface area (Å²) in [5.41, 5.74) is 0.647. The Morgan fingerprint density at radius 3 is 1.42 bits per heavy atom. The molecule has 0 spiro atoms. The number of sulfonamides is 1. The van der Waals surface area contributed by atoms with Gasteiger partial charge in [-0.25, -0.2) is 25.6 Å². The highest BCUT2D eigenvalue weighted by atomic mass is 35.5. The molecule has 0 aliphatic heterocycles. The number of anilines is 1. The zero-order valence-corrected chi connectivity index (χ0v) is 37.4. The first-order valence-corrected chi connectivity index (χ1v) is 22.1. The van der Waals surface area contributed by atoms with E-state index in [0.29, 0.717) is 15.4 Å². The molecule has 1 amide bonds. The first-order valence-electron chi connectivity index (χ1n) is 16.8. The number of amides is 1. The summed E-state index contributed by atoms with van der Waals surface area (Å²) in [5, 5.41) is -0.344. The van der Waals surface area contributed by atoms with Crippen LogP contribution in [0.1, 0.15) is 40.2 Å². The van der Waals surface area contributed by atoms with E-state index in [4.69, 9.17) is 58.0 Å². The van der Waals surface area contributed by atoms with Crippen LogP contribution >= 0.6 is 58.0 Å². The molecule has 4 aromatic carbocycles. The lowest BCUT2D eigenvalue weighted by atomic mass is 10.2. The maximum absolute atomic E-state index is 13.2. The third-order valence-electron chi connectivity index (χ3n) is 7.10. The number of rotatable bonds is 11. The van der Waals surface area contributed by atoms with Crippen molar-refractivity contribution < 1.29 is 35.2 Å². The van der Waals surface area contributed by atoms with Crippen molar-refractivity contribution >= 4 is 94.7 Å². The van der Waals surface area contributed by atoms with Crippen LogP contribution in [-0.4, -0.2) is 57.9 Å². The highest BCUT2D eigenvalue weighted by Crippen LogP contribution is 2.32. The number of sulfone groups is 1. The SMILES string of the molecule is C=C(C)C(=O)Cl.C=C(C)C(=O)N(c1ccc(F)cc1Cl)S(=O)(=O)c1ccccc1.CCN(CC)CC.ClCCl.O=S(=O)(Cc1ccc(F)cc1Cl)c1ccccc1. The minimum atomic E-state index is -4.22. The fourth-order valence-electron chi connectivity index (χ4n) is 4.09. The van der Waals surface area contributed by atoms with Gasteiger partial charge >= 0.3 is 0 Å². The Labute approximate surface area is 360 Å². The van der Waals surface area contributed by atoms with Crippen LogP contribution in [-0.2, 0) is 35.2 Å². The summed E-state index contributed by atoms with van der Waals surface area (Å²) in [5.74, 6) is -2.21. The predicted octanol–water partition coefficient (Wildman–Crippen LogP) is 11.3. The number of hydrogen-bond acceptors (Lipinski definition) is 7. The maximum atomic E-state index is 13.2. The molecule has 0 saturated heterocycles. The summed E-state index contributed by atoms with van der Waals surface area (Å²) in [6, 6.07) is 22.3. The number of carbonyl (C=O) groups excluding carboxylic acids is 2. The number of allylic oxidation sites excluding steroid dienone is 1. The van der Waals surface area contributed by atoms with Gasteiger partial charge in [0, 0.05) is 16.2 Å². The predicted molar refractivity (Wildman–Crippen MR) is 232 cm³/mol. The summed E-state index contributed by atoms with van der Waals surface area (Å²) < 4.78 is 76.5. The summed E-state index contributed by atoms with van der Waals surface area (Å²) >= 11 is 26.2. The third-order valence-corrected chi connectivity index (χ3v) is 11.5. The quantitative estimate of drug-likeness (QED) is 0.0837. The molecule has 0 aliphatic rings. The molecule has 0 aromatic heterocycles. The Balaban J connectivity index is 0.000000811. The molecular weight excluding hydrogens is 884 g/mol. The molecule has 0 fully saturated rings. The van der Waals surface area contributed by atoms with Crippen LogP contribution in [0.25, 0.3) is 0 Å². The van der Waals surface area contributed by atoms with Gasteiger partial charge in [-0.2, -0.15) is 4.31 Å². The molecule has 0 atom stereocenters. The van der Waals surface area contributed by atoms with E-state index in [-0.39, 0.29) is 42.2 Å². The number of benzene rings is 4. The number of carbonyl (C=O) groups is 2.